The fourth-order valence-corrected chi connectivity index (χ4v) is 6.24. The van der Waals surface area contributed by atoms with Gasteiger partial charge in [-0.05, 0) is 141 Å². The SMILES string of the molecule is CC/C=C\C/C=C\C/C=C\C/C=C\C/C=C\C/C=C\CCCOCC(COC(=O)CCC/C=C\C/C=C\C/C=C\C/C=C\C/C=C\CC)OC(=O)CCC/C=C\C/C=C\C/C=C\C/C=C\C/C=C\CC. The number of carbonyl (C=O) groups is 2. The molecule has 0 bridgehead atoms. The molecule has 0 fully saturated rings. The largest absolute Gasteiger partial charge is 0.462 e. The lowest BCUT2D eigenvalue weighted by Gasteiger charge is -2.18. The lowest BCUT2D eigenvalue weighted by Crippen LogP contribution is -2.30. The van der Waals surface area contributed by atoms with Crippen LogP contribution in [0, 0.1) is 0 Å². The topological polar surface area (TPSA) is 61.8 Å². The van der Waals surface area contributed by atoms with Gasteiger partial charge >= 0.3 is 11.9 Å². The minimum absolute atomic E-state index is 0.00579. The molecule has 386 valence electrons. The molecular weight excluding hydrogens is 861 g/mol. The molecule has 0 aromatic carbocycles. The lowest BCUT2D eigenvalue weighted by atomic mass is 10.2. The molecule has 0 radical (unpaired) electrons. The molecule has 0 spiro atoms. The van der Waals surface area contributed by atoms with E-state index in [-0.39, 0.29) is 25.2 Å². The van der Waals surface area contributed by atoms with E-state index in [9.17, 15) is 9.59 Å². The lowest BCUT2D eigenvalue weighted by molar-refractivity contribution is -0.162. The molecule has 0 aliphatic heterocycles. The quantitative estimate of drug-likeness (QED) is 0.0346. The monoisotopic (exact) mass is 957 g/mol. The van der Waals surface area contributed by atoms with Crippen LogP contribution in [0.4, 0.5) is 0 Å². The van der Waals surface area contributed by atoms with Gasteiger partial charge in [0.2, 0.25) is 0 Å². The van der Waals surface area contributed by atoms with Crippen LogP contribution in [0.5, 0.6) is 0 Å². The van der Waals surface area contributed by atoms with Crippen LogP contribution >= 0.6 is 0 Å². The van der Waals surface area contributed by atoms with Gasteiger partial charge in [-0.2, -0.15) is 0 Å². The van der Waals surface area contributed by atoms with E-state index in [2.05, 4.69) is 215 Å². The predicted octanol–water partition coefficient (Wildman–Crippen LogP) is 18.8. The van der Waals surface area contributed by atoms with Gasteiger partial charge in [-0.15, -0.1) is 0 Å². The van der Waals surface area contributed by atoms with Crippen LogP contribution in [0.1, 0.15) is 175 Å². The third kappa shape index (κ3) is 55.3. The third-order valence-corrected chi connectivity index (χ3v) is 10.1. The summed E-state index contributed by atoms with van der Waals surface area (Å²) in [5.74, 6) is -0.585. The number of ether oxygens (including phenoxy) is 3. The molecule has 0 N–H and O–H groups in total. The Bertz CT molecular complexity index is 1700. The van der Waals surface area contributed by atoms with Gasteiger partial charge in [0.05, 0.1) is 6.61 Å². The van der Waals surface area contributed by atoms with Gasteiger partial charge in [0.15, 0.2) is 6.10 Å². The van der Waals surface area contributed by atoms with Crippen molar-refractivity contribution in [2.75, 3.05) is 19.8 Å². The molecule has 70 heavy (non-hydrogen) atoms. The van der Waals surface area contributed by atoms with Crippen molar-refractivity contribution in [3.05, 3.63) is 194 Å². The molecule has 1 atom stereocenters. The Labute approximate surface area is 429 Å². The maximum Gasteiger partial charge on any atom is 0.306 e. The normalized spacial score (nSPS) is 13.8. The number of unbranched alkanes of at least 4 members (excludes halogenated alkanes) is 3. The first-order chi connectivity index (χ1) is 34.6. The molecule has 1 unspecified atom stereocenters. The second kappa shape index (κ2) is 58.1. The molecule has 0 saturated carbocycles. The Morgan fingerprint density at radius 3 is 0.871 bits per heavy atom. The van der Waals surface area contributed by atoms with E-state index >= 15 is 0 Å². The molecule has 5 heteroatoms. The fourth-order valence-electron chi connectivity index (χ4n) is 6.24. The Hall–Kier alpha value is -5.26. The molecule has 5 nitrogen and oxygen atoms in total. The highest BCUT2D eigenvalue weighted by atomic mass is 16.6. The van der Waals surface area contributed by atoms with Crippen molar-refractivity contribution in [2.45, 2.75) is 181 Å². The summed E-state index contributed by atoms with van der Waals surface area (Å²) in [4.78, 5) is 25.4. The first-order valence-electron chi connectivity index (χ1n) is 27.0. The van der Waals surface area contributed by atoms with E-state index in [0.29, 0.717) is 32.3 Å². The maximum atomic E-state index is 12.8. The number of allylic oxidation sites excluding steroid dienone is 32. The van der Waals surface area contributed by atoms with Gasteiger partial charge in [0, 0.05) is 19.4 Å². The number of rotatable bonds is 46. The van der Waals surface area contributed by atoms with E-state index in [1.165, 1.54) is 0 Å². The van der Waals surface area contributed by atoms with E-state index < -0.39 is 6.10 Å². The van der Waals surface area contributed by atoms with Gasteiger partial charge in [0.25, 0.3) is 0 Å². The average molecular weight is 957 g/mol. The minimum atomic E-state index is -0.637. The van der Waals surface area contributed by atoms with Crippen LogP contribution in [0.2, 0.25) is 0 Å². The van der Waals surface area contributed by atoms with Crippen molar-refractivity contribution >= 4 is 11.9 Å². The summed E-state index contributed by atoms with van der Waals surface area (Å²) in [6.45, 7) is 7.17. The van der Waals surface area contributed by atoms with Gasteiger partial charge in [0.1, 0.15) is 6.61 Å². The summed E-state index contributed by atoms with van der Waals surface area (Å²) >= 11 is 0. The fraction of sp³-hybridized carbons (Fsp3) is 0.477. The maximum absolute atomic E-state index is 12.8. The highest BCUT2D eigenvalue weighted by Crippen LogP contribution is 2.08. The third-order valence-electron chi connectivity index (χ3n) is 10.1. The van der Waals surface area contributed by atoms with Crippen molar-refractivity contribution in [2.24, 2.45) is 0 Å². The van der Waals surface area contributed by atoms with Crippen molar-refractivity contribution in [3.8, 4) is 0 Å². The zero-order chi connectivity index (χ0) is 50.6. The molecule has 0 heterocycles. The van der Waals surface area contributed by atoms with Crippen molar-refractivity contribution < 1.29 is 23.8 Å². The molecule has 0 saturated heterocycles. The first kappa shape index (κ1) is 64.7. The summed E-state index contributed by atoms with van der Waals surface area (Å²) in [7, 11) is 0. The minimum Gasteiger partial charge on any atom is -0.462 e. The molecule has 0 aliphatic carbocycles. The number of hydrogen-bond acceptors (Lipinski definition) is 5. The summed E-state index contributed by atoms with van der Waals surface area (Å²) in [6.07, 6.45) is 90.4. The van der Waals surface area contributed by atoms with Gasteiger partial charge in [-0.1, -0.05) is 215 Å². The van der Waals surface area contributed by atoms with E-state index in [1.54, 1.807) is 0 Å². The molecule has 0 amide bonds. The Balaban J connectivity index is 4.62. The zero-order valence-electron chi connectivity index (χ0n) is 44.2. The highest BCUT2D eigenvalue weighted by Gasteiger charge is 2.17. The molecule has 0 aromatic heterocycles. The number of hydrogen-bond donors (Lipinski definition) is 0. The second-order valence-electron chi connectivity index (χ2n) is 16.6. The predicted molar refractivity (Wildman–Crippen MR) is 306 cm³/mol. The van der Waals surface area contributed by atoms with Crippen LogP contribution < -0.4 is 0 Å². The van der Waals surface area contributed by atoms with Gasteiger partial charge in [-0.25, -0.2) is 0 Å². The highest BCUT2D eigenvalue weighted by molar-refractivity contribution is 5.70. The van der Waals surface area contributed by atoms with Crippen LogP contribution in [-0.2, 0) is 23.8 Å². The van der Waals surface area contributed by atoms with Gasteiger partial charge in [-0.3, -0.25) is 9.59 Å². The standard InChI is InChI=1S/C65H96O5/c1-4-7-10-13-16-19-22-25-28-31-32-33-36-39-42-45-48-51-54-57-60-68-61-63(70-65(67)59-56-53-50-47-44-41-38-35-30-27-24-21-18-15-12-9-6-3)62-69-64(66)58-55-52-49-46-43-40-37-34-29-26-23-20-17-14-11-8-5-2/h7-12,16-21,25-30,32-33,37-42,46-51,63H,4-6,13-15,22-24,31,34-36,43-45,52-62H2,1-3H3/b10-7-,11-8-,12-9-,19-16-,20-17-,21-18-,28-25-,29-26-,30-27-,33-32-,40-37-,41-38-,42-39-,49-46-,50-47-,51-48-. The summed E-state index contributed by atoms with van der Waals surface area (Å²) in [5, 5.41) is 0. The summed E-state index contributed by atoms with van der Waals surface area (Å²) in [6, 6.07) is 0. The number of carbonyl (C=O) groups excluding carboxylic acids is 2. The molecule has 0 aromatic rings. The molecular formula is C65H96O5. The van der Waals surface area contributed by atoms with Crippen molar-refractivity contribution in [3.63, 3.8) is 0 Å². The number of esters is 2. The van der Waals surface area contributed by atoms with Crippen LogP contribution in [0.25, 0.3) is 0 Å². The van der Waals surface area contributed by atoms with Crippen molar-refractivity contribution in [1.29, 1.82) is 0 Å². The smallest absolute Gasteiger partial charge is 0.306 e. The second-order valence-corrected chi connectivity index (χ2v) is 16.6. The van der Waals surface area contributed by atoms with E-state index in [1.807, 2.05) is 0 Å². The van der Waals surface area contributed by atoms with Crippen LogP contribution in [-0.4, -0.2) is 37.9 Å². The first-order valence-corrected chi connectivity index (χ1v) is 27.0. The Morgan fingerprint density at radius 2 is 0.571 bits per heavy atom. The Kier molecular flexibility index (Phi) is 53.7. The molecule has 0 aliphatic rings. The van der Waals surface area contributed by atoms with E-state index in [0.717, 1.165) is 128 Å². The van der Waals surface area contributed by atoms with Gasteiger partial charge < -0.3 is 14.2 Å². The van der Waals surface area contributed by atoms with E-state index in [4.69, 9.17) is 14.2 Å². The van der Waals surface area contributed by atoms with Crippen molar-refractivity contribution in [1.82, 2.24) is 0 Å². The molecule has 0 rings (SSSR count). The summed E-state index contributed by atoms with van der Waals surface area (Å²) < 4.78 is 17.3. The zero-order valence-corrected chi connectivity index (χ0v) is 44.2. The van der Waals surface area contributed by atoms with Crippen LogP contribution in [0.15, 0.2) is 194 Å². The Morgan fingerprint density at radius 1 is 0.314 bits per heavy atom. The average Bonchev–Trinajstić information content (AvgIpc) is 3.36. The van der Waals surface area contributed by atoms with Crippen LogP contribution in [0.3, 0.4) is 0 Å². The summed E-state index contributed by atoms with van der Waals surface area (Å²) in [5.41, 5.74) is 0.